The van der Waals surface area contributed by atoms with Crippen LogP contribution in [0, 0.1) is 0 Å². The van der Waals surface area contributed by atoms with E-state index in [0.717, 1.165) is 0 Å². The molecule has 0 aliphatic heterocycles. The van der Waals surface area contributed by atoms with E-state index in [1.54, 1.807) is 0 Å². The molecule has 9 rings (SSSR count). The smallest absolute Gasteiger partial charge is 0.0361 e. The minimum absolute atomic E-state index is 1.27. The summed E-state index contributed by atoms with van der Waals surface area (Å²) < 4.78 is 2.73. The van der Waals surface area contributed by atoms with Crippen molar-refractivity contribution >= 4 is 74.6 Å². The van der Waals surface area contributed by atoms with E-state index in [2.05, 4.69) is 133 Å². The van der Waals surface area contributed by atoms with Gasteiger partial charge in [0, 0.05) is 20.2 Å². The zero-order valence-corrected chi connectivity index (χ0v) is 21.9. The average molecular weight is 511 g/mol. The largest absolute Gasteiger partial charge is 0.135 e. The molecule has 0 bridgehead atoms. The Labute approximate surface area is 229 Å². The van der Waals surface area contributed by atoms with E-state index in [1.165, 1.54) is 85.5 Å². The standard InChI is InChI=1S/C38H22S/c1-2-13-25-23(10-1)11-7-18-26(25)36-27-14-3-5-16-29(27)37(30-17-6-4-15-28(30)36)32-22-24-12-8-20-33-35(24)38-31(32)19-9-21-34(38)39-33/h1-22H. The van der Waals surface area contributed by atoms with Gasteiger partial charge in [-0.1, -0.05) is 115 Å². The molecule has 180 valence electrons. The molecule has 0 atom stereocenters. The van der Waals surface area contributed by atoms with Crippen LogP contribution < -0.4 is 0 Å². The summed E-state index contributed by atoms with van der Waals surface area (Å²) in [6.07, 6.45) is 0. The maximum atomic E-state index is 2.43. The van der Waals surface area contributed by atoms with Gasteiger partial charge in [0.15, 0.2) is 0 Å². The molecule has 0 fully saturated rings. The van der Waals surface area contributed by atoms with Crippen molar-refractivity contribution in [1.82, 2.24) is 0 Å². The quantitative estimate of drug-likeness (QED) is 0.160. The number of benzene rings is 8. The van der Waals surface area contributed by atoms with Crippen LogP contribution in [0.1, 0.15) is 0 Å². The molecule has 1 heterocycles. The molecule has 0 spiro atoms. The Bertz CT molecular complexity index is 2330. The summed E-state index contributed by atoms with van der Waals surface area (Å²) in [4.78, 5) is 0. The van der Waals surface area contributed by atoms with Crippen LogP contribution in [-0.2, 0) is 0 Å². The Morgan fingerprint density at radius 3 is 1.54 bits per heavy atom. The van der Waals surface area contributed by atoms with Crippen LogP contribution in [-0.4, -0.2) is 0 Å². The fraction of sp³-hybridized carbons (Fsp3) is 0. The van der Waals surface area contributed by atoms with Crippen molar-refractivity contribution in [3.8, 4) is 22.3 Å². The lowest BCUT2D eigenvalue weighted by atomic mass is 9.83. The third-order valence-electron chi connectivity index (χ3n) is 8.40. The lowest BCUT2D eigenvalue weighted by molar-refractivity contribution is 1.70. The summed E-state index contributed by atoms with van der Waals surface area (Å²) >= 11 is 1.90. The highest BCUT2D eigenvalue weighted by Crippen LogP contribution is 2.49. The first-order chi connectivity index (χ1) is 19.4. The molecule has 0 amide bonds. The normalized spacial score (nSPS) is 12.1. The highest BCUT2D eigenvalue weighted by molar-refractivity contribution is 7.26. The van der Waals surface area contributed by atoms with Gasteiger partial charge in [0.2, 0.25) is 0 Å². The second-order valence-electron chi connectivity index (χ2n) is 10.4. The van der Waals surface area contributed by atoms with Gasteiger partial charge in [0.1, 0.15) is 0 Å². The summed E-state index contributed by atoms with van der Waals surface area (Å²) in [7, 11) is 0. The SMILES string of the molecule is c1ccc2c(-c3c4ccccc4c(-c4cc5cccc6sc7cccc4c7c56)c4ccccc34)cccc2c1. The van der Waals surface area contributed by atoms with E-state index in [4.69, 9.17) is 0 Å². The Morgan fingerprint density at radius 2 is 0.821 bits per heavy atom. The molecule has 1 heteroatoms. The van der Waals surface area contributed by atoms with Crippen molar-refractivity contribution in [2.75, 3.05) is 0 Å². The summed E-state index contributed by atoms with van der Waals surface area (Å²) in [6, 6.07) is 49.4. The Kier molecular flexibility index (Phi) is 4.30. The first-order valence-corrected chi connectivity index (χ1v) is 14.3. The van der Waals surface area contributed by atoms with Gasteiger partial charge >= 0.3 is 0 Å². The molecule has 39 heavy (non-hydrogen) atoms. The van der Waals surface area contributed by atoms with E-state index in [1.807, 2.05) is 11.3 Å². The topological polar surface area (TPSA) is 0 Å². The monoisotopic (exact) mass is 510 g/mol. The number of thiophene rings is 1. The van der Waals surface area contributed by atoms with Gasteiger partial charge in [-0.15, -0.1) is 11.3 Å². The molecule has 0 saturated carbocycles. The lowest BCUT2D eigenvalue weighted by Gasteiger charge is -2.20. The fourth-order valence-electron chi connectivity index (χ4n) is 6.83. The summed E-state index contributed by atoms with van der Waals surface area (Å²) in [5, 5.41) is 13.2. The van der Waals surface area contributed by atoms with E-state index >= 15 is 0 Å². The molecule has 0 saturated heterocycles. The van der Waals surface area contributed by atoms with Crippen molar-refractivity contribution in [2.24, 2.45) is 0 Å². The van der Waals surface area contributed by atoms with Crippen LogP contribution in [0.15, 0.2) is 133 Å². The fourth-order valence-corrected chi connectivity index (χ4v) is 8.00. The molecule has 0 aliphatic rings. The van der Waals surface area contributed by atoms with Crippen LogP contribution in [0.2, 0.25) is 0 Å². The molecule has 8 aromatic carbocycles. The maximum Gasteiger partial charge on any atom is 0.0361 e. The van der Waals surface area contributed by atoms with Crippen molar-refractivity contribution in [2.45, 2.75) is 0 Å². The number of hydrogen-bond acceptors (Lipinski definition) is 1. The first kappa shape index (κ1) is 21.2. The Hall–Kier alpha value is -4.72. The number of hydrogen-bond donors (Lipinski definition) is 0. The molecule has 0 N–H and O–H groups in total. The maximum absolute atomic E-state index is 2.43. The predicted molar refractivity (Wildman–Crippen MR) is 171 cm³/mol. The molecule has 0 radical (unpaired) electrons. The zero-order chi connectivity index (χ0) is 25.5. The van der Waals surface area contributed by atoms with E-state index in [-0.39, 0.29) is 0 Å². The number of rotatable bonds is 2. The molecule has 0 aliphatic carbocycles. The van der Waals surface area contributed by atoms with Crippen molar-refractivity contribution in [1.29, 1.82) is 0 Å². The lowest BCUT2D eigenvalue weighted by Crippen LogP contribution is -1.92. The summed E-state index contributed by atoms with van der Waals surface area (Å²) in [5.41, 5.74) is 5.24. The van der Waals surface area contributed by atoms with E-state index in [9.17, 15) is 0 Å². The molecule has 0 unspecified atom stereocenters. The van der Waals surface area contributed by atoms with E-state index in [0.29, 0.717) is 0 Å². The second-order valence-corrected chi connectivity index (χ2v) is 11.5. The van der Waals surface area contributed by atoms with Crippen molar-refractivity contribution in [3.63, 3.8) is 0 Å². The summed E-state index contributed by atoms with van der Waals surface area (Å²) in [5.74, 6) is 0. The van der Waals surface area contributed by atoms with Crippen LogP contribution in [0.5, 0.6) is 0 Å². The van der Waals surface area contributed by atoms with Gasteiger partial charge in [-0.25, -0.2) is 0 Å². The highest BCUT2D eigenvalue weighted by atomic mass is 32.1. The van der Waals surface area contributed by atoms with E-state index < -0.39 is 0 Å². The van der Waals surface area contributed by atoms with Gasteiger partial charge in [-0.3, -0.25) is 0 Å². The minimum Gasteiger partial charge on any atom is -0.135 e. The predicted octanol–water partition coefficient (Wildman–Crippen LogP) is 11.4. The third-order valence-corrected chi connectivity index (χ3v) is 9.52. The number of fused-ring (bicyclic) bond motifs is 3. The van der Waals surface area contributed by atoms with Crippen LogP contribution >= 0.6 is 11.3 Å². The average Bonchev–Trinajstić information content (AvgIpc) is 3.39. The van der Waals surface area contributed by atoms with Gasteiger partial charge in [0.05, 0.1) is 0 Å². The van der Waals surface area contributed by atoms with Gasteiger partial charge in [0.25, 0.3) is 0 Å². The third kappa shape index (κ3) is 2.88. The minimum atomic E-state index is 1.27. The highest BCUT2D eigenvalue weighted by Gasteiger charge is 2.21. The Balaban J connectivity index is 1.51. The van der Waals surface area contributed by atoms with Gasteiger partial charge < -0.3 is 0 Å². The molecular formula is C38H22S. The zero-order valence-electron chi connectivity index (χ0n) is 21.1. The van der Waals surface area contributed by atoms with Crippen LogP contribution in [0.4, 0.5) is 0 Å². The molecule has 0 nitrogen and oxygen atoms in total. The van der Waals surface area contributed by atoms with Gasteiger partial charge in [-0.05, 0) is 83.5 Å². The molecule has 9 aromatic rings. The second kappa shape index (κ2) is 7.89. The summed E-state index contributed by atoms with van der Waals surface area (Å²) in [6.45, 7) is 0. The Morgan fingerprint density at radius 1 is 0.333 bits per heavy atom. The molecule has 1 aromatic heterocycles. The van der Waals surface area contributed by atoms with Crippen molar-refractivity contribution < 1.29 is 0 Å². The first-order valence-electron chi connectivity index (χ1n) is 13.4. The van der Waals surface area contributed by atoms with Gasteiger partial charge in [-0.2, -0.15) is 0 Å². The molecular weight excluding hydrogens is 488 g/mol. The van der Waals surface area contributed by atoms with Crippen LogP contribution in [0.3, 0.4) is 0 Å². The van der Waals surface area contributed by atoms with Crippen molar-refractivity contribution in [3.05, 3.63) is 133 Å². The van der Waals surface area contributed by atoms with Crippen LogP contribution in [0.25, 0.3) is 85.5 Å².